The second-order valence-electron chi connectivity index (χ2n) is 11.8. The molecule has 3 heterocycles. The highest BCUT2D eigenvalue weighted by atomic mass is 19.1. The SMILES string of the molecule is O=C(NC1CCC(NC(=O)c2cc(F)cnc2Oc2cccc(-c3ccc(O)cc3CN3CCOCC3)c2)CC1)c1cccc(=O)[nH]1. The van der Waals surface area contributed by atoms with E-state index in [-0.39, 0.29) is 46.4 Å². The van der Waals surface area contributed by atoms with Crippen LogP contribution in [0.25, 0.3) is 11.1 Å². The Morgan fingerprint density at radius 1 is 0.957 bits per heavy atom. The average molecular weight is 642 g/mol. The van der Waals surface area contributed by atoms with Gasteiger partial charge in [-0.1, -0.05) is 24.3 Å². The van der Waals surface area contributed by atoms with E-state index in [2.05, 4.69) is 25.5 Å². The zero-order valence-electron chi connectivity index (χ0n) is 25.7. The zero-order valence-corrected chi connectivity index (χ0v) is 25.7. The largest absolute Gasteiger partial charge is 0.508 e. The van der Waals surface area contributed by atoms with Crippen molar-refractivity contribution in [2.75, 3.05) is 26.3 Å². The Bertz CT molecular complexity index is 1800. The fourth-order valence-corrected chi connectivity index (χ4v) is 5.99. The number of hydrogen-bond donors (Lipinski definition) is 4. The van der Waals surface area contributed by atoms with Crippen LogP contribution in [-0.4, -0.2) is 70.2 Å². The Kier molecular flexibility index (Phi) is 9.89. The van der Waals surface area contributed by atoms with Gasteiger partial charge in [-0.05, 0) is 78.8 Å². The molecule has 0 spiro atoms. The number of aromatic hydroxyl groups is 1. The molecule has 1 aliphatic heterocycles. The molecule has 2 aliphatic rings. The summed E-state index contributed by atoms with van der Waals surface area (Å²) in [5.41, 5.74) is 2.54. The highest BCUT2D eigenvalue weighted by Crippen LogP contribution is 2.33. The van der Waals surface area contributed by atoms with E-state index in [1.54, 1.807) is 24.3 Å². The number of phenolic OH excluding ortho intramolecular Hbond substituents is 1. The summed E-state index contributed by atoms with van der Waals surface area (Å²) < 4.78 is 25.9. The number of hydrogen-bond acceptors (Lipinski definition) is 8. The van der Waals surface area contributed by atoms with Crippen molar-refractivity contribution in [1.29, 1.82) is 0 Å². The lowest BCUT2D eigenvalue weighted by Crippen LogP contribution is -2.44. The van der Waals surface area contributed by atoms with Crippen LogP contribution >= 0.6 is 0 Å². The highest BCUT2D eigenvalue weighted by molar-refractivity contribution is 5.96. The third kappa shape index (κ3) is 8.21. The molecule has 1 aliphatic carbocycles. The minimum Gasteiger partial charge on any atom is -0.508 e. The Balaban J connectivity index is 1.11. The first-order chi connectivity index (χ1) is 22.8. The van der Waals surface area contributed by atoms with Crippen LogP contribution in [0.1, 0.15) is 52.1 Å². The number of carbonyl (C=O) groups is 2. The maximum absolute atomic E-state index is 14.3. The number of benzene rings is 2. The van der Waals surface area contributed by atoms with E-state index in [1.165, 1.54) is 12.1 Å². The Hall–Kier alpha value is -5.07. The molecule has 1 saturated heterocycles. The maximum Gasteiger partial charge on any atom is 0.268 e. The molecule has 4 N–H and O–H groups in total. The summed E-state index contributed by atoms with van der Waals surface area (Å²) in [5.74, 6) is -0.971. The molecule has 0 bridgehead atoms. The van der Waals surface area contributed by atoms with Crippen LogP contribution in [0.3, 0.4) is 0 Å². The van der Waals surface area contributed by atoms with Crippen LogP contribution in [0.2, 0.25) is 0 Å². The molecule has 4 aromatic rings. The molecule has 47 heavy (non-hydrogen) atoms. The van der Waals surface area contributed by atoms with Crippen molar-refractivity contribution < 1.29 is 28.6 Å². The van der Waals surface area contributed by atoms with Crippen LogP contribution in [0.15, 0.2) is 77.7 Å². The second-order valence-corrected chi connectivity index (χ2v) is 11.8. The fraction of sp³-hybridized carbons (Fsp3) is 0.314. The maximum atomic E-state index is 14.3. The number of phenols is 1. The van der Waals surface area contributed by atoms with Gasteiger partial charge in [-0.25, -0.2) is 9.37 Å². The van der Waals surface area contributed by atoms with Crippen molar-refractivity contribution in [2.24, 2.45) is 0 Å². The molecule has 2 amide bonds. The van der Waals surface area contributed by atoms with Gasteiger partial charge in [0, 0.05) is 37.8 Å². The average Bonchev–Trinajstić information content (AvgIpc) is 3.07. The van der Waals surface area contributed by atoms with Gasteiger partial charge in [0.2, 0.25) is 11.4 Å². The first-order valence-electron chi connectivity index (χ1n) is 15.7. The van der Waals surface area contributed by atoms with Crippen molar-refractivity contribution in [3.8, 4) is 28.5 Å². The van der Waals surface area contributed by atoms with E-state index in [1.807, 2.05) is 24.3 Å². The number of H-pyrrole nitrogens is 1. The van der Waals surface area contributed by atoms with E-state index in [0.29, 0.717) is 51.2 Å². The number of pyridine rings is 2. The number of morpholine rings is 1. The van der Waals surface area contributed by atoms with Crippen molar-refractivity contribution >= 4 is 11.8 Å². The summed E-state index contributed by atoms with van der Waals surface area (Å²) in [5, 5.41) is 16.1. The molecule has 2 aromatic carbocycles. The molecule has 2 fully saturated rings. The number of nitrogens with zero attached hydrogens (tertiary/aromatic N) is 2. The molecule has 0 radical (unpaired) electrons. The van der Waals surface area contributed by atoms with Gasteiger partial charge in [-0.15, -0.1) is 0 Å². The fourth-order valence-electron chi connectivity index (χ4n) is 5.99. The highest BCUT2D eigenvalue weighted by Gasteiger charge is 2.26. The predicted molar refractivity (Wildman–Crippen MR) is 172 cm³/mol. The summed E-state index contributed by atoms with van der Waals surface area (Å²) in [6.45, 7) is 3.57. The quantitative estimate of drug-likeness (QED) is 0.211. The molecule has 12 heteroatoms. The third-order valence-corrected chi connectivity index (χ3v) is 8.42. The predicted octanol–water partition coefficient (Wildman–Crippen LogP) is 4.38. The summed E-state index contributed by atoms with van der Waals surface area (Å²) in [6, 6.07) is 17.8. The van der Waals surface area contributed by atoms with E-state index in [9.17, 15) is 23.9 Å². The molecule has 0 atom stereocenters. The monoisotopic (exact) mass is 641 g/mol. The molecular weight excluding hydrogens is 605 g/mol. The van der Waals surface area contributed by atoms with Gasteiger partial charge in [-0.2, -0.15) is 0 Å². The summed E-state index contributed by atoms with van der Waals surface area (Å²) >= 11 is 0. The van der Waals surface area contributed by atoms with Crippen LogP contribution in [0, 0.1) is 5.82 Å². The zero-order chi connectivity index (χ0) is 32.8. The minimum atomic E-state index is -0.668. The van der Waals surface area contributed by atoms with Gasteiger partial charge < -0.3 is 30.2 Å². The van der Waals surface area contributed by atoms with Crippen molar-refractivity contribution in [3.63, 3.8) is 0 Å². The van der Waals surface area contributed by atoms with Crippen molar-refractivity contribution in [1.82, 2.24) is 25.5 Å². The lowest BCUT2D eigenvalue weighted by Gasteiger charge is -2.29. The summed E-state index contributed by atoms with van der Waals surface area (Å²) in [6.07, 6.45) is 3.45. The molecule has 2 aromatic heterocycles. The van der Waals surface area contributed by atoms with Gasteiger partial charge in [0.1, 0.15) is 28.6 Å². The van der Waals surface area contributed by atoms with E-state index < -0.39 is 11.7 Å². The normalized spacial score (nSPS) is 18.3. The number of aromatic amines is 1. The molecule has 6 rings (SSSR count). The smallest absolute Gasteiger partial charge is 0.268 e. The Morgan fingerprint density at radius 2 is 1.68 bits per heavy atom. The van der Waals surface area contributed by atoms with Gasteiger partial charge in [-0.3, -0.25) is 19.3 Å². The standard InChI is InChI=1S/C35H36FN5O6/c36-24-19-30(33(44)38-25-7-9-26(10-8-25)39-34(45)31-5-2-6-32(43)40-31)35(37-20-24)47-28-4-1-3-22(18-28)29-12-11-27(42)17-23(29)21-41-13-15-46-16-14-41/h1-6,11-12,17-20,25-26,42H,7-10,13-16,21H2,(H,38,44)(H,39,45)(H,40,43). The number of ether oxygens (including phenoxy) is 2. The lowest BCUT2D eigenvalue weighted by atomic mass is 9.91. The lowest BCUT2D eigenvalue weighted by molar-refractivity contribution is 0.0342. The number of halogens is 1. The summed E-state index contributed by atoms with van der Waals surface area (Å²) in [4.78, 5) is 46.3. The van der Waals surface area contributed by atoms with Gasteiger partial charge in [0.25, 0.3) is 11.8 Å². The number of rotatable bonds is 9. The van der Waals surface area contributed by atoms with Gasteiger partial charge in [0.05, 0.1) is 19.4 Å². The van der Waals surface area contributed by atoms with Crippen LogP contribution < -0.4 is 20.9 Å². The first kappa shape index (κ1) is 31.9. The topological polar surface area (TPSA) is 146 Å². The number of carbonyl (C=O) groups excluding carboxylic acids is 2. The molecule has 1 saturated carbocycles. The molecule has 0 unspecified atom stereocenters. The number of aromatic nitrogens is 2. The van der Waals surface area contributed by atoms with E-state index >= 15 is 0 Å². The van der Waals surface area contributed by atoms with Gasteiger partial charge >= 0.3 is 0 Å². The van der Waals surface area contributed by atoms with Crippen LogP contribution in [0.4, 0.5) is 4.39 Å². The third-order valence-electron chi connectivity index (χ3n) is 8.42. The molecular formula is C35H36FN5O6. The number of nitrogens with one attached hydrogen (secondary N) is 3. The van der Waals surface area contributed by atoms with E-state index in [4.69, 9.17) is 9.47 Å². The van der Waals surface area contributed by atoms with Gasteiger partial charge in [0.15, 0.2) is 0 Å². The second kappa shape index (κ2) is 14.6. The van der Waals surface area contributed by atoms with Crippen molar-refractivity contribution in [2.45, 2.75) is 44.3 Å². The number of amides is 2. The summed E-state index contributed by atoms with van der Waals surface area (Å²) in [7, 11) is 0. The molecule has 244 valence electrons. The first-order valence-corrected chi connectivity index (χ1v) is 15.7. The van der Waals surface area contributed by atoms with Crippen LogP contribution in [-0.2, 0) is 11.3 Å². The van der Waals surface area contributed by atoms with Crippen LogP contribution in [0.5, 0.6) is 17.4 Å². The Labute approximate surface area is 270 Å². The van der Waals surface area contributed by atoms with E-state index in [0.717, 1.165) is 42.0 Å². The Morgan fingerprint density at radius 3 is 2.43 bits per heavy atom. The van der Waals surface area contributed by atoms with Crippen molar-refractivity contribution in [3.05, 3.63) is 106 Å². The minimum absolute atomic E-state index is 0.0295. The molecule has 11 nitrogen and oxygen atoms in total.